The van der Waals surface area contributed by atoms with Crippen LogP contribution in [0.3, 0.4) is 0 Å². The number of carbonyl (C=O) groups is 1. The maximum absolute atomic E-state index is 12.7. The molecule has 0 aromatic carbocycles. The number of thiophene rings is 1. The van der Waals surface area contributed by atoms with Gasteiger partial charge in [-0.25, -0.2) is 9.97 Å². The van der Waals surface area contributed by atoms with Crippen molar-refractivity contribution in [2.45, 2.75) is 12.6 Å². The highest BCUT2D eigenvalue weighted by atomic mass is 32.1. The number of rotatable bonds is 5. The number of aromatic nitrogens is 5. The van der Waals surface area contributed by atoms with E-state index in [9.17, 15) is 4.79 Å². The lowest BCUT2D eigenvalue weighted by Crippen LogP contribution is -2.47. The van der Waals surface area contributed by atoms with Gasteiger partial charge >= 0.3 is 0 Å². The van der Waals surface area contributed by atoms with Gasteiger partial charge in [0.25, 0.3) is 5.91 Å². The molecule has 0 bridgehead atoms. The fraction of sp³-hybridized carbons (Fsp3) is 0.286. The predicted molar refractivity (Wildman–Crippen MR) is 118 cm³/mol. The summed E-state index contributed by atoms with van der Waals surface area (Å²) in [5.41, 5.74) is 1.29. The van der Waals surface area contributed by atoms with E-state index in [1.54, 1.807) is 29.8 Å². The molecule has 5 heterocycles. The van der Waals surface area contributed by atoms with E-state index in [2.05, 4.69) is 42.3 Å². The molecule has 0 saturated carbocycles. The molecule has 1 aliphatic rings. The lowest BCUT2D eigenvalue weighted by molar-refractivity contribution is 0.0951. The molecule has 1 atom stereocenters. The third kappa shape index (κ3) is 3.99. The summed E-state index contributed by atoms with van der Waals surface area (Å²) in [6.45, 7) is 2.89. The quantitative estimate of drug-likeness (QED) is 0.514. The van der Waals surface area contributed by atoms with Crippen LogP contribution < -0.4 is 10.2 Å². The summed E-state index contributed by atoms with van der Waals surface area (Å²) >= 11 is 1.62. The van der Waals surface area contributed by atoms with E-state index in [-0.39, 0.29) is 11.9 Å². The number of fused-ring (bicyclic) bond motifs is 1. The second kappa shape index (κ2) is 8.40. The van der Waals surface area contributed by atoms with E-state index in [1.807, 2.05) is 40.2 Å². The Morgan fingerprint density at radius 3 is 2.84 bits per heavy atom. The van der Waals surface area contributed by atoms with Gasteiger partial charge in [-0.3, -0.25) is 14.1 Å². The van der Waals surface area contributed by atoms with Crippen molar-refractivity contribution in [1.29, 1.82) is 0 Å². The van der Waals surface area contributed by atoms with Crippen molar-refractivity contribution in [3.8, 4) is 0 Å². The summed E-state index contributed by atoms with van der Waals surface area (Å²) in [7, 11) is 2.08. The van der Waals surface area contributed by atoms with Crippen molar-refractivity contribution in [3.05, 3.63) is 70.6 Å². The molecule has 1 saturated heterocycles. The summed E-state index contributed by atoms with van der Waals surface area (Å²) in [4.78, 5) is 27.0. The van der Waals surface area contributed by atoms with Crippen LogP contribution in [0.15, 0.2) is 54.3 Å². The van der Waals surface area contributed by atoms with Gasteiger partial charge in [0.1, 0.15) is 0 Å². The Balaban J connectivity index is 1.40. The molecule has 31 heavy (non-hydrogen) atoms. The van der Waals surface area contributed by atoms with Crippen LogP contribution in [0.5, 0.6) is 0 Å². The van der Waals surface area contributed by atoms with E-state index in [1.165, 1.54) is 0 Å². The van der Waals surface area contributed by atoms with E-state index in [0.29, 0.717) is 30.2 Å². The topological polar surface area (TPSA) is 91.6 Å². The number of piperazine rings is 1. The van der Waals surface area contributed by atoms with Crippen LogP contribution in [-0.2, 0) is 6.54 Å². The number of hydrogen-bond acceptors (Lipinski definition) is 8. The molecular weight excluding hydrogens is 412 g/mol. The number of nitrogens with one attached hydrogen (secondary N) is 1. The van der Waals surface area contributed by atoms with Crippen molar-refractivity contribution in [1.82, 2.24) is 34.8 Å². The number of likely N-dealkylation sites (N-methyl/N-ethyl adjacent to an activating group) is 1. The number of hydrogen-bond donors (Lipinski definition) is 1. The molecule has 158 valence electrons. The fourth-order valence-corrected chi connectivity index (χ4v) is 4.39. The van der Waals surface area contributed by atoms with Gasteiger partial charge in [-0.15, -0.1) is 21.5 Å². The first-order valence-electron chi connectivity index (χ1n) is 10.1. The smallest absolute Gasteiger partial charge is 0.253 e. The maximum Gasteiger partial charge on any atom is 0.253 e. The van der Waals surface area contributed by atoms with Crippen LogP contribution in [0.2, 0.25) is 0 Å². The second-order valence-corrected chi connectivity index (χ2v) is 8.49. The van der Waals surface area contributed by atoms with E-state index >= 15 is 0 Å². The zero-order valence-corrected chi connectivity index (χ0v) is 17.9. The summed E-state index contributed by atoms with van der Waals surface area (Å²) in [6, 6.07) is 9.41. The lowest BCUT2D eigenvalue weighted by Gasteiger charge is -2.38. The van der Waals surface area contributed by atoms with Crippen LogP contribution in [0.4, 0.5) is 5.95 Å². The van der Waals surface area contributed by atoms with Gasteiger partial charge in [0.15, 0.2) is 11.5 Å². The molecule has 0 spiro atoms. The Hall–Kier alpha value is -3.37. The average molecular weight is 435 g/mol. The number of amides is 1. The first kappa shape index (κ1) is 19.6. The largest absolute Gasteiger partial charge is 0.347 e. The molecular formula is C21H22N8OS. The minimum absolute atomic E-state index is 0.00279. The van der Waals surface area contributed by atoms with Crippen molar-refractivity contribution in [2.75, 3.05) is 31.6 Å². The number of nitrogens with zero attached hydrogens (tertiary/aromatic N) is 7. The summed E-state index contributed by atoms with van der Waals surface area (Å²) in [5, 5.41) is 13.8. The van der Waals surface area contributed by atoms with Crippen LogP contribution in [0.1, 0.15) is 27.1 Å². The number of carbonyl (C=O) groups excluding carboxylic acids is 1. The zero-order chi connectivity index (χ0) is 21.2. The highest BCUT2D eigenvalue weighted by molar-refractivity contribution is 7.09. The molecule has 4 aromatic heterocycles. The van der Waals surface area contributed by atoms with Crippen LogP contribution in [-0.4, -0.2) is 62.1 Å². The average Bonchev–Trinajstić information content (AvgIpc) is 3.48. The summed E-state index contributed by atoms with van der Waals surface area (Å²) in [5.74, 6) is 1.39. The second-order valence-electron chi connectivity index (χ2n) is 7.46. The highest BCUT2D eigenvalue weighted by Gasteiger charge is 2.30. The number of anilines is 1. The molecule has 0 aliphatic carbocycles. The predicted octanol–water partition coefficient (Wildman–Crippen LogP) is 2.00. The van der Waals surface area contributed by atoms with Crippen molar-refractivity contribution < 1.29 is 4.79 Å². The maximum atomic E-state index is 12.7. The third-order valence-corrected chi connectivity index (χ3v) is 6.35. The Bertz CT molecular complexity index is 1180. The molecule has 9 nitrogen and oxygen atoms in total. The Morgan fingerprint density at radius 1 is 1.16 bits per heavy atom. The molecule has 5 rings (SSSR count). The third-order valence-electron chi connectivity index (χ3n) is 5.48. The molecule has 1 N–H and O–H groups in total. The fourth-order valence-electron chi connectivity index (χ4n) is 3.74. The van der Waals surface area contributed by atoms with Gasteiger partial charge in [-0.05, 0) is 36.7 Å². The summed E-state index contributed by atoms with van der Waals surface area (Å²) < 4.78 is 1.91. The number of pyridine rings is 1. The minimum atomic E-state index is -0.119. The van der Waals surface area contributed by atoms with Crippen molar-refractivity contribution in [3.63, 3.8) is 0 Å². The van der Waals surface area contributed by atoms with Gasteiger partial charge in [-0.2, -0.15) is 0 Å². The SMILES string of the molecule is CN1CCN(c2ncccn2)C[C@H]1c1nnc2ccc(C(=O)NCc3cccs3)cn12. The molecule has 10 heteroatoms. The Labute approximate surface area is 183 Å². The Kier molecular flexibility index (Phi) is 5.31. The Morgan fingerprint density at radius 2 is 2.03 bits per heavy atom. The van der Waals surface area contributed by atoms with Crippen LogP contribution in [0, 0.1) is 0 Å². The molecule has 1 aliphatic heterocycles. The molecule has 0 unspecified atom stereocenters. The van der Waals surface area contributed by atoms with E-state index in [4.69, 9.17) is 0 Å². The summed E-state index contributed by atoms with van der Waals surface area (Å²) in [6.07, 6.45) is 5.33. The van der Waals surface area contributed by atoms with E-state index < -0.39 is 0 Å². The molecule has 1 amide bonds. The van der Waals surface area contributed by atoms with Crippen molar-refractivity contribution in [2.24, 2.45) is 0 Å². The normalized spacial score (nSPS) is 17.2. The monoisotopic (exact) mass is 434 g/mol. The van der Waals surface area contributed by atoms with Crippen LogP contribution >= 0.6 is 11.3 Å². The van der Waals surface area contributed by atoms with Gasteiger partial charge in [0.2, 0.25) is 5.95 Å². The standard InChI is InChI=1S/C21H22N8OS/c1-27-9-10-28(21-22-7-3-8-23-21)14-17(27)19-26-25-18-6-5-15(13-29(18)19)20(30)24-12-16-4-2-11-31-16/h2-8,11,13,17H,9-10,12,14H2,1H3,(H,24,30)/t17-/m0/s1. The van der Waals surface area contributed by atoms with Crippen LogP contribution in [0.25, 0.3) is 5.65 Å². The first-order valence-corrected chi connectivity index (χ1v) is 10.9. The van der Waals surface area contributed by atoms with Gasteiger partial charge in [0.05, 0.1) is 18.2 Å². The van der Waals surface area contributed by atoms with Crippen molar-refractivity contribution >= 4 is 28.8 Å². The molecule has 0 radical (unpaired) electrons. The first-order chi connectivity index (χ1) is 15.2. The molecule has 4 aromatic rings. The van der Waals surface area contributed by atoms with Gasteiger partial charge in [0, 0.05) is 43.1 Å². The highest BCUT2D eigenvalue weighted by Crippen LogP contribution is 2.25. The minimum Gasteiger partial charge on any atom is -0.347 e. The van der Waals surface area contributed by atoms with Gasteiger partial charge in [-0.1, -0.05) is 6.07 Å². The zero-order valence-electron chi connectivity index (χ0n) is 17.0. The lowest BCUT2D eigenvalue weighted by atomic mass is 10.1. The molecule has 1 fully saturated rings. The van der Waals surface area contributed by atoms with Gasteiger partial charge < -0.3 is 10.2 Å². The van der Waals surface area contributed by atoms with E-state index in [0.717, 1.165) is 23.8 Å².